The molecular weight excluding hydrogens is 260 g/mol. The standard InChI is InChI=1S/C12H16N6S/c1-8(13)11(10-4-2-3-7-14-10)19-12-15-16-17-18(12)9-5-6-9/h2-4,7-9,11H,5-6,13H2,1H3. The van der Waals surface area contributed by atoms with Crippen molar-refractivity contribution >= 4 is 11.8 Å². The summed E-state index contributed by atoms with van der Waals surface area (Å²) in [5.74, 6) is 0. The molecule has 1 aliphatic rings. The average Bonchev–Trinajstić information content (AvgIpc) is 3.16. The molecule has 19 heavy (non-hydrogen) atoms. The van der Waals surface area contributed by atoms with Gasteiger partial charge in [-0.15, -0.1) is 5.10 Å². The highest BCUT2D eigenvalue weighted by molar-refractivity contribution is 7.99. The SMILES string of the molecule is CC(N)C(Sc1nnnn1C1CC1)c1ccccn1. The zero-order valence-corrected chi connectivity index (χ0v) is 11.5. The summed E-state index contributed by atoms with van der Waals surface area (Å²) in [7, 11) is 0. The van der Waals surface area contributed by atoms with Gasteiger partial charge >= 0.3 is 0 Å². The predicted molar refractivity (Wildman–Crippen MR) is 72.6 cm³/mol. The van der Waals surface area contributed by atoms with Crippen molar-refractivity contribution in [3.63, 3.8) is 0 Å². The van der Waals surface area contributed by atoms with E-state index in [2.05, 4.69) is 20.5 Å². The zero-order valence-electron chi connectivity index (χ0n) is 10.7. The van der Waals surface area contributed by atoms with E-state index in [1.807, 2.05) is 29.8 Å². The number of pyridine rings is 1. The average molecular weight is 276 g/mol. The maximum Gasteiger partial charge on any atom is 0.210 e. The molecule has 2 aromatic rings. The highest BCUT2D eigenvalue weighted by Crippen LogP contribution is 2.40. The summed E-state index contributed by atoms with van der Waals surface area (Å²) in [5.41, 5.74) is 7.05. The highest BCUT2D eigenvalue weighted by Gasteiger charge is 2.30. The monoisotopic (exact) mass is 276 g/mol. The largest absolute Gasteiger partial charge is 0.327 e. The van der Waals surface area contributed by atoms with Gasteiger partial charge in [-0.1, -0.05) is 17.8 Å². The van der Waals surface area contributed by atoms with E-state index in [4.69, 9.17) is 5.73 Å². The van der Waals surface area contributed by atoms with Crippen LogP contribution in [0, 0.1) is 0 Å². The fourth-order valence-corrected chi connectivity index (χ4v) is 2.99. The minimum absolute atomic E-state index is 0.0238. The van der Waals surface area contributed by atoms with Gasteiger partial charge in [-0.2, -0.15) is 0 Å². The maximum absolute atomic E-state index is 6.09. The van der Waals surface area contributed by atoms with Crippen molar-refractivity contribution in [1.82, 2.24) is 25.2 Å². The van der Waals surface area contributed by atoms with Crippen molar-refractivity contribution in [2.45, 2.75) is 42.3 Å². The summed E-state index contributed by atoms with van der Waals surface area (Å²) in [6.07, 6.45) is 4.10. The lowest BCUT2D eigenvalue weighted by Gasteiger charge is -2.18. The lowest BCUT2D eigenvalue weighted by atomic mass is 10.2. The minimum Gasteiger partial charge on any atom is -0.327 e. The lowest BCUT2D eigenvalue weighted by Crippen LogP contribution is -2.23. The summed E-state index contributed by atoms with van der Waals surface area (Å²) in [6, 6.07) is 6.31. The second kappa shape index (κ2) is 5.26. The van der Waals surface area contributed by atoms with Gasteiger partial charge in [0.25, 0.3) is 0 Å². The van der Waals surface area contributed by atoms with Gasteiger partial charge in [0.1, 0.15) is 0 Å². The van der Waals surface area contributed by atoms with E-state index in [0.29, 0.717) is 6.04 Å². The Labute approximate surface area is 115 Å². The van der Waals surface area contributed by atoms with Gasteiger partial charge in [-0.05, 0) is 42.3 Å². The Morgan fingerprint density at radius 2 is 2.26 bits per heavy atom. The number of rotatable bonds is 5. The van der Waals surface area contributed by atoms with Crippen LogP contribution in [0.1, 0.15) is 36.8 Å². The van der Waals surface area contributed by atoms with Crippen LogP contribution in [-0.2, 0) is 0 Å². The van der Waals surface area contributed by atoms with Crippen LogP contribution in [0.25, 0.3) is 0 Å². The van der Waals surface area contributed by atoms with E-state index in [0.717, 1.165) is 23.7 Å². The molecule has 0 amide bonds. The Bertz CT molecular complexity index is 536. The first-order chi connectivity index (χ1) is 9.25. The van der Waals surface area contributed by atoms with E-state index in [-0.39, 0.29) is 11.3 Å². The van der Waals surface area contributed by atoms with E-state index >= 15 is 0 Å². The van der Waals surface area contributed by atoms with Gasteiger partial charge in [0.15, 0.2) is 0 Å². The molecule has 2 N–H and O–H groups in total. The van der Waals surface area contributed by atoms with Gasteiger partial charge in [0.2, 0.25) is 5.16 Å². The Hall–Kier alpha value is -1.47. The fraction of sp³-hybridized carbons (Fsp3) is 0.500. The van der Waals surface area contributed by atoms with Crippen LogP contribution in [0.2, 0.25) is 0 Å². The minimum atomic E-state index is -0.0238. The zero-order chi connectivity index (χ0) is 13.2. The van der Waals surface area contributed by atoms with Crippen molar-refractivity contribution < 1.29 is 0 Å². The number of nitrogens with zero attached hydrogens (tertiary/aromatic N) is 5. The second-order valence-corrected chi connectivity index (χ2v) is 5.90. The molecule has 0 saturated heterocycles. The van der Waals surface area contributed by atoms with Gasteiger partial charge in [-0.25, -0.2) is 4.68 Å². The molecule has 0 bridgehead atoms. The molecule has 1 saturated carbocycles. The molecule has 3 rings (SSSR count). The molecule has 0 spiro atoms. The van der Waals surface area contributed by atoms with Gasteiger partial charge in [0.05, 0.1) is 17.0 Å². The Morgan fingerprint density at radius 3 is 2.89 bits per heavy atom. The number of aromatic nitrogens is 5. The summed E-state index contributed by atoms with van der Waals surface area (Å²) in [6.45, 7) is 1.98. The van der Waals surface area contributed by atoms with Crippen molar-refractivity contribution in [1.29, 1.82) is 0 Å². The quantitative estimate of drug-likeness (QED) is 0.835. The number of tetrazole rings is 1. The van der Waals surface area contributed by atoms with Crippen molar-refractivity contribution in [2.75, 3.05) is 0 Å². The number of hydrogen-bond acceptors (Lipinski definition) is 6. The third-order valence-electron chi connectivity index (χ3n) is 3.04. The van der Waals surface area contributed by atoms with Crippen LogP contribution in [0.4, 0.5) is 0 Å². The molecule has 1 aliphatic carbocycles. The molecule has 2 aromatic heterocycles. The van der Waals surface area contributed by atoms with Crippen LogP contribution >= 0.6 is 11.8 Å². The number of thioether (sulfide) groups is 1. The molecular formula is C12H16N6S. The molecule has 1 fully saturated rings. The van der Waals surface area contributed by atoms with Crippen LogP contribution in [0.5, 0.6) is 0 Å². The van der Waals surface area contributed by atoms with Crippen molar-refractivity contribution in [2.24, 2.45) is 5.73 Å². The number of hydrogen-bond donors (Lipinski definition) is 1. The molecule has 0 radical (unpaired) electrons. The summed E-state index contributed by atoms with van der Waals surface area (Å²) >= 11 is 1.59. The Morgan fingerprint density at radius 1 is 1.42 bits per heavy atom. The normalized spacial score (nSPS) is 18.2. The summed E-state index contributed by atoms with van der Waals surface area (Å²) in [5, 5.41) is 12.8. The van der Waals surface area contributed by atoms with Gasteiger partial charge in [-0.3, -0.25) is 4.98 Å². The third-order valence-corrected chi connectivity index (χ3v) is 4.45. The number of nitrogens with two attached hydrogens (primary N) is 1. The lowest BCUT2D eigenvalue weighted by molar-refractivity contribution is 0.563. The molecule has 2 heterocycles. The van der Waals surface area contributed by atoms with Crippen LogP contribution in [0.3, 0.4) is 0 Å². The summed E-state index contributed by atoms with van der Waals surface area (Å²) < 4.78 is 1.91. The fourth-order valence-electron chi connectivity index (χ4n) is 1.91. The van der Waals surface area contributed by atoms with E-state index in [9.17, 15) is 0 Å². The van der Waals surface area contributed by atoms with Gasteiger partial charge in [0, 0.05) is 12.2 Å². The maximum atomic E-state index is 6.09. The molecule has 2 atom stereocenters. The smallest absolute Gasteiger partial charge is 0.210 e. The van der Waals surface area contributed by atoms with Crippen LogP contribution in [-0.4, -0.2) is 31.2 Å². The van der Waals surface area contributed by atoms with Crippen molar-refractivity contribution in [3.05, 3.63) is 30.1 Å². The first kappa shape index (κ1) is 12.6. The summed E-state index contributed by atoms with van der Waals surface area (Å²) in [4.78, 5) is 4.39. The molecule has 6 nitrogen and oxygen atoms in total. The second-order valence-electron chi connectivity index (χ2n) is 4.79. The van der Waals surface area contributed by atoms with Crippen molar-refractivity contribution in [3.8, 4) is 0 Å². The molecule has 7 heteroatoms. The van der Waals surface area contributed by atoms with Crippen LogP contribution < -0.4 is 5.73 Å². The first-order valence-electron chi connectivity index (χ1n) is 6.36. The van der Waals surface area contributed by atoms with E-state index in [1.54, 1.807) is 18.0 Å². The molecule has 2 unspecified atom stereocenters. The predicted octanol–water partition coefficient (Wildman–Crippen LogP) is 1.58. The highest BCUT2D eigenvalue weighted by atomic mass is 32.2. The first-order valence-corrected chi connectivity index (χ1v) is 7.24. The van der Waals surface area contributed by atoms with E-state index < -0.39 is 0 Å². The Balaban J connectivity index is 1.83. The Kier molecular flexibility index (Phi) is 3.48. The van der Waals surface area contributed by atoms with E-state index in [1.165, 1.54) is 0 Å². The third kappa shape index (κ3) is 2.76. The van der Waals surface area contributed by atoms with Crippen LogP contribution in [0.15, 0.2) is 29.6 Å². The topological polar surface area (TPSA) is 82.5 Å². The molecule has 100 valence electrons. The molecule has 0 aromatic carbocycles. The van der Waals surface area contributed by atoms with Gasteiger partial charge < -0.3 is 5.73 Å². The molecule has 0 aliphatic heterocycles.